The van der Waals surface area contributed by atoms with Gasteiger partial charge in [0.1, 0.15) is 5.82 Å². The Kier molecular flexibility index (Phi) is 4.93. The van der Waals surface area contributed by atoms with Crippen molar-refractivity contribution in [3.63, 3.8) is 0 Å². The Labute approximate surface area is 87.3 Å². The second-order valence-corrected chi connectivity index (χ2v) is 4.09. The van der Waals surface area contributed by atoms with Crippen LogP contribution in [0, 0.1) is 5.82 Å². The van der Waals surface area contributed by atoms with Crippen molar-refractivity contribution >= 4 is 11.8 Å². The van der Waals surface area contributed by atoms with Gasteiger partial charge in [-0.25, -0.2) is 4.39 Å². The molecule has 0 spiro atoms. The number of aliphatic hydroxyl groups excluding tert-OH is 1. The summed E-state index contributed by atoms with van der Waals surface area (Å²) in [7, 11) is 0. The lowest BCUT2D eigenvalue weighted by Gasteiger charge is -2.03. The van der Waals surface area contributed by atoms with Crippen molar-refractivity contribution in [2.75, 3.05) is 12.4 Å². The van der Waals surface area contributed by atoms with E-state index in [-0.39, 0.29) is 12.4 Å². The van der Waals surface area contributed by atoms with E-state index >= 15 is 0 Å². The SMILES string of the molecule is NCc1cc(F)cc(SCCCO)c1. The second-order valence-electron chi connectivity index (χ2n) is 2.92. The molecule has 14 heavy (non-hydrogen) atoms. The summed E-state index contributed by atoms with van der Waals surface area (Å²) in [6.07, 6.45) is 0.721. The van der Waals surface area contributed by atoms with Gasteiger partial charge in [0.2, 0.25) is 0 Å². The summed E-state index contributed by atoms with van der Waals surface area (Å²) in [5.74, 6) is 0.545. The van der Waals surface area contributed by atoms with Crippen molar-refractivity contribution in [1.82, 2.24) is 0 Å². The van der Waals surface area contributed by atoms with Crippen LogP contribution in [-0.4, -0.2) is 17.5 Å². The lowest BCUT2D eigenvalue weighted by atomic mass is 10.2. The summed E-state index contributed by atoms with van der Waals surface area (Å²) in [6.45, 7) is 0.525. The first-order valence-electron chi connectivity index (χ1n) is 4.49. The van der Waals surface area contributed by atoms with Gasteiger partial charge in [-0.2, -0.15) is 0 Å². The van der Waals surface area contributed by atoms with Crippen molar-refractivity contribution in [1.29, 1.82) is 0 Å². The maximum atomic E-state index is 13.0. The first-order valence-corrected chi connectivity index (χ1v) is 5.48. The summed E-state index contributed by atoms with van der Waals surface area (Å²) in [4.78, 5) is 0.874. The summed E-state index contributed by atoms with van der Waals surface area (Å²) < 4.78 is 13.0. The molecule has 0 heterocycles. The Hall–Kier alpha value is -0.580. The van der Waals surface area contributed by atoms with Crippen LogP contribution < -0.4 is 5.73 Å². The normalized spacial score (nSPS) is 10.5. The molecule has 0 unspecified atom stereocenters. The smallest absolute Gasteiger partial charge is 0.124 e. The molecule has 0 atom stereocenters. The van der Waals surface area contributed by atoms with Gasteiger partial charge in [-0.15, -0.1) is 11.8 Å². The molecule has 78 valence electrons. The Bertz CT molecular complexity index is 293. The molecule has 0 saturated carbocycles. The topological polar surface area (TPSA) is 46.2 Å². The molecule has 1 aromatic rings. The predicted octanol–water partition coefficient (Wildman–Crippen LogP) is 1.76. The van der Waals surface area contributed by atoms with Crippen LogP contribution in [0.15, 0.2) is 23.1 Å². The van der Waals surface area contributed by atoms with Crippen LogP contribution in [0.1, 0.15) is 12.0 Å². The number of hydrogen-bond acceptors (Lipinski definition) is 3. The zero-order valence-corrected chi connectivity index (χ0v) is 8.69. The first kappa shape index (κ1) is 11.5. The van der Waals surface area contributed by atoms with Crippen LogP contribution in [0.4, 0.5) is 4.39 Å². The number of nitrogens with two attached hydrogens (primary N) is 1. The van der Waals surface area contributed by atoms with E-state index in [0.717, 1.165) is 22.6 Å². The monoisotopic (exact) mass is 215 g/mol. The quantitative estimate of drug-likeness (QED) is 0.581. The van der Waals surface area contributed by atoms with Gasteiger partial charge in [0.25, 0.3) is 0 Å². The van der Waals surface area contributed by atoms with Crippen LogP contribution >= 0.6 is 11.8 Å². The summed E-state index contributed by atoms with van der Waals surface area (Å²) >= 11 is 1.53. The summed E-state index contributed by atoms with van der Waals surface area (Å²) in [6, 6.07) is 4.81. The van der Waals surface area contributed by atoms with E-state index in [1.54, 1.807) is 0 Å². The number of benzene rings is 1. The molecular weight excluding hydrogens is 201 g/mol. The predicted molar refractivity (Wildman–Crippen MR) is 56.7 cm³/mol. The second kappa shape index (κ2) is 6.01. The van der Waals surface area contributed by atoms with E-state index in [1.807, 2.05) is 6.07 Å². The maximum Gasteiger partial charge on any atom is 0.124 e. The van der Waals surface area contributed by atoms with Crippen LogP contribution in [-0.2, 0) is 6.54 Å². The highest BCUT2D eigenvalue weighted by atomic mass is 32.2. The van der Waals surface area contributed by atoms with E-state index in [0.29, 0.717) is 6.54 Å². The van der Waals surface area contributed by atoms with Crippen molar-refractivity contribution in [3.05, 3.63) is 29.6 Å². The van der Waals surface area contributed by atoms with Crippen molar-refractivity contribution < 1.29 is 9.50 Å². The Morgan fingerprint density at radius 3 is 2.79 bits per heavy atom. The molecule has 3 N–H and O–H groups in total. The average Bonchev–Trinajstić information content (AvgIpc) is 2.17. The third-order valence-corrected chi connectivity index (χ3v) is 2.80. The zero-order chi connectivity index (χ0) is 10.4. The molecule has 0 fully saturated rings. The fraction of sp³-hybridized carbons (Fsp3) is 0.400. The van der Waals surface area contributed by atoms with E-state index in [4.69, 9.17) is 10.8 Å². The molecule has 0 saturated heterocycles. The largest absolute Gasteiger partial charge is 0.396 e. The molecular formula is C10H14FNOS. The van der Waals surface area contributed by atoms with Crippen molar-refractivity contribution in [3.8, 4) is 0 Å². The van der Waals surface area contributed by atoms with Crippen LogP contribution in [0.2, 0.25) is 0 Å². The molecule has 4 heteroatoms. The average molecular weight is 215 g/mol. The van der Waals surface area contributed by atoms with Gasteiger partial charge in [0.15, 0.2) is 0 Å². The molecule has 0 aliphatic rings. The number of aliphatic hydroxyl groups is 1. The van der Waals surface area contributed by atoms with Gasteiger partial charge in [0, 0.05) is 23.8 Å². The van der Waals surface area contributed by atoms with Gasteiger partial charge >= 0.3 is 0 Å². The number of hydrogen-bond donors (Lipinski definition) is 2. The van der Waals surface area contributed by atoms with E-state index in [2.05, 4.69) is 0 Å². The molecule has 0 aliphatic carbocycles. The first-order chi connectivity index (χ1) is 6.76. The number of rotatable bonds is 5. The van der Waals surface area contributed by atoms with Crippen LogP contribution in [0.3, 0.4) is 0 Å². The highest BCUT2D eigenvalue weighted by molar-refractivity contribution is 7.99. The minimum atomic E-state index is -0.251. The van der Waals surface area contributed by atoms with Crippen LogP contribution in [0.5, 0.6) is 0 Å². The molecule has 0 aromatic heterocycles. The van der Waals surface area contributed by atoms with Gasteiger partial charge in [-0.3, -0.25) is 0 Å². The number of thioether (sulfide) groups is 1. The van der Waals surface area contributed by atoms with Gasteiger partial charge in [-0.05, 0) is 30.2 Å². The fourth-order valence-corrected chi connectivity index (χ4v) is 2.02. The standard InChI is InChI=1S/C10H14FNOS/c11-9-4-8(7-12)5-10(6-9)14-3-1-2-13/h4-6,13H,1-3,7,12H2. The van der Waals surface area contributed by atoms with E-state index in [9.17, 15) is 4.39 Å². The summed E-state index contributed by atoms with van der Waals surface area (Å²) in [5.41, 5.74) is 6.23. The lowest BCUT2D eigenvalue weighted by molar-refractivity contribution is 0.296. The highest BCUT2D eigenvalue weighted by Gasteiger charge is 2.00. The van der Waals surface area contributed by atoms with Crippen molar-refractivity contribution in [2.45, 2.75) is 17.9 Å². The van der Waals surface area contributed by atoms with E-state index in [1.165, 1.54) is 23.9 Å². The van der Waals surface area contributed by atoms with Gasteiger partial charge < -0.3 is 10.8 Å². The van der Waals surface area contributed by atoms with Crippen molar-refractivity contribution in [2.24, 2.45) is 5.73 Å². The number of halogens is 1. The molecule has 0 aliphatic heterocycles. The maximum absolute atomic E-state index is 13.0. The van der Waals surface area contributed by atoms with Gasteiger partial charge in [0.05, 0.1) is 0 Å². The Morgan fingerprint density at radius 2 is 2.14 bits per heavy atom. The van der Waals surface area contributed by atoms with E-state index < -0.39 is 0 Å². The Balaban J connectivity index is 2.62. The molecule has 0 amide bonds. The highest BCUT2D eigenvalue weighted by Crippen LogP contribution is 2.21. The minimum absolute atomic E-state index is 0.173. The molecule has 1 rings (SSSR count). The Morgan fingerprint density at radius 1 is 1.36 bits per heavy atom. The third-order valence-electron chi connectivity index (χ3n) is 1.74. The molecule has 1 aromatic carbocycles. The summed E-state index contributed by atoms with van der Waals surface area (Å²) in [5, 5.41) is 8.59. The lowest BCUT2D eigenvalue weighted by Crippen LogP contribution is -1.97. The molecule has 0 bridgehead atoms. The third kappa shape index (κ3) is 3.65. The molecule has 0 radical (unpaired) electrons. The minimum Gasteiger partial charge on any atom is -0.396 e. The zero-order valence-electron chi connectivity index (χ0n) is 7.87. The van der Waals surface area contributed by atoms with Crippen LogP contribution in [0.25, 0.3) is 0 Å². The van der Waals surface area contributed by atoms with Gasteiger partial charge in [-0.1, -0.05) is 0 Å². The fourth-order valence-electron chi connectivity index (χ4n) is 1.08. The molecule has 2 nitrogen and oxygen atoms in total.